The molecule has 1 heterocycles. The molecule has 0 saturated carbocycles. The highest BCUT2D eigenvalue weighted by molar-refractivity contribution is 7.98. The minimum absolute atomic E-state index is 0.290. The van der Waals surface area contributed by atoms with Crippen LogP contribution in [0.4, 0.5) is 4.79 Å². The second kappa shape index (κ2) is 8.29. The van der Waals surface area contributed by atoms with Gasteiger partial charge in [-0.05, 0) is 45.4 Å². The van der Waals surface area contributed by atoms with Crippen molar-refractivity contribution in [3.8, 4) is 0 Å². The second-order valence-corrected chi connectivity index (χ2v) is 8.00. The van der Waals surface area contributed by atoms with Crippen molar-refractivity contribution in [3.05, 3.63) is 39.7 Å². The lowest BCUT2D eigenvalue weighted by atomic mass is 10.2. The van der Waals surface area contributed by atoms with E-state index in [4.69, 9.17) is 32.4 Å². The zero-order valence-corrected chi connectivity index (χ0v) is 16.6. The second-order valence-electron chi connectivity index (χ2n) is 6.26. The lowest BCUT2D eigenvalue weighted by Gasteiger charge is -2.20. The number of hydrogen-bond acceptors (Lipinski definition) is 6. The molecule has 9 heteroatoms. The number of nitrogens with zero attached hydrogens (tertiary/aromatic N) is 2. The average molecular weight is 404 g/mol. The number of aromatic nitrogens is 2. The first-order valence-electron chi connectivity index (χ1n) is 7.54. The number of rotatable bonds is 5. The first kappa shape index (κ1) is 19.9. The molecule has 6 nitrogen and oxygen atoms in total. The van der Waals surface area contributed by atoms with Gasteiger partial charge < -0.3 is 14.5 Å². The predicted octanol–water partition coefficient (Wildman–Crippen LogP) is 5.25. The van der Waals surface area contributed by atoms with Crippen molar-refractivity contribution in [2.75, 3.05) is 0 Å². The van der Waals surface area contributed by atoms with Gasteiger partial charge in [0.25, 0.3) is 5.22 Å². The van der Waals surface area contributed by atoms with Gasteiger partial charge in [-0.3, -0.25) is 0 Å². The third kappa shape index (κ3) is 6.09. The van der Waals surface area contributed by atoms with Crippen molar-refractivity contribution in [2.24, 2.45) is 0 Å². The Balaban J connectivity index is 1.94. The fourth-order valence-corrected chi connectivity index (χ4v) is 3.32. The maximum atomic E-state index is 11.8. The molecule has 0 fully saturated rings. The molecule has 136 valence electrons. The van der Waals surface area contributed by atoms with Gasteiger partial charge in [-0.2, -0.15) is 0 Å². The first-order chi connectivity index (χ1) is 11.7. The Bertz CT molecular complexity index is 726. The average Bonchev–Trinajstić information content (AvgIpc) is 2.93. The highest BCUT2D eigenvalue weighted by Gasteiger charge is 2.21. The van der Waals surface area contributed by atoms with E-state index in [-0.39, 0.29) is 0 Å². The number of thioether (sulfide) groups is 1. The molecule has 2 aromatic rings. The van der Waals surface area contributed by atoms with E-state index in [1.165, 1.54) is 11.8 Å². The summed E-state index contributed by atoms with van der Waals surface area (Å²) in [4.78, 5) is 11.8. The maximum Gasteiger partial charge on any atom is 0.408 e. The fourth-order valence-electron chi connectivity index (χ4n) is 1.80. The molecule has 1 amide bonds. The third-order valence-electron chi connectivity index (χ3n) is 2.93. The van der Waals surface area contributed by atoms with Crippen LogP contribution >= 0.6 is 35.0 Å². The molecule has 0 spiro atoms. The Morgan fingerprint density at radius 2 is 1.96 bits per heavy atom. The van der Waals surface area contributed by atoms with Crippen LogP contribution in [0.2, 0.25) is 10.0 Å². The number of halogens is 2. The number of alkyl carbamates (subject to hydrolysis) is 1. The van der Waals surface area contributed by atoms with Crippen molar-refractivity contribution in [1.29, 1.82) is 0 Å². The number of nitrogens with one attached hydrogen (secondary N) is 1. The van der Waals surface area contributed by atoms with E-state index < -0.39 is 17.7 Å². The molecule has 0 radical (unpaired) electrons. The molecular weight excluding hydrogens is 385 g/mol. The van der Waals surface area contributed by atoms with Gasteiger partial charge in [0.1, 0.15) is 11.6 Å². The van der Waals surface area contributed by atoms with E-state index in [1.807, 2.05) is 0 Å². The van der Waals surface area contributed by atoms with Crippen LogP contribution in [0.25, 0.3) is 0 Å². The zero-order chi connectivity index (χ0) is 18.6. The zero-order valence-electron chi connectivity index (χ0n) is 14.3. The Morgan fingerprint density at radius 3 is 2.56 bits per heavy atom. The molecule has 1 atom stereocenters. The van der Waals surface area contributed by atoms with Gasteiger partial charge in [-0.1, -0.05) is 41.0 Å². The van der Waals surface area contributed by atoms with E-state index in [0.717, 1.165) is 5.56 Å². The summed E-state index contributed by atoms with van der Waals surface area (Å²) in [6.07, 6.45) is -0.546. The van der Waals surface area contributed by atoms with E-state index in [0.29, 0.717) is 26.9 Å². The molecule has 0 aliphatic heterocycles. The minimum Gasteiger partial charge on any atom is -0.444 e. The molecule has 0 unspecified atom stereocenters. The molecule has 2 rings (SSSR count). The van der Waals surface area contributed by atoms with Gasteiger partial charge >= 0.3 is 6.09 Å². The highest BCUT2D eigenvalue weighted by Crippen LogP contribution is 2.31. The lowest BCUT2D eigenvalue weighted by Crippen LogP contribution is -2.34. The van der Waals surface area contributed by atoms with Crippen LogP contribution in [-0.4, -0.2) is 21.9 Å². The van der Waals surface area contributed by atoms with Crippen molar-refractivity contribution < 1.29 is 13.9 Å². The molecule has 0 aliphatic carbocycles. The van der Waals surface area contributed by atoms with Crippen LogP contribution in [0.15, 0.2) is 27.8 Å². The summed E-state index contributed by atoms with van der Waals surface area (Å²) in [5.74, 6) is 0.784. The summed E-state index contributed by atoms with van der Waals surface area (Å²) in [6.45, 7) is 7.10. The smallest absolute Gasteiger partial charge is 0.408 e. The van der Waals surface area contributed by atoms with Crippen LogP contribution in [-0.2, 0) is 10.5 Å². The largest absolute Gasteiger partial charge is 0.444 e. The minimum atomic E-state index is -0.576. The number of carbonyl (C=O) groups is 1. The Hall–Kier alpha value is -1.44. The lowest BCUT2D eigenvalue weighted by molar-refractivity contribution is 0.0500. The van der Waals surface area contributed by atoms with Crippen molar-refractivity contribution in [3.63, 3.8) is 0 Å². The molecule has 1 aromatic carbocycles. The number of carbonyl (C=O) groups excluding carboxylic acids is 1. The van der Waals surface area contributed by atoms with Crippen LogP contribution in [0.3, 0.4) is 0 Å². The fraction of sp³-hybridized carbons (Fsp3) is 0.438. The molecule has 25 heavy (non-hydrogen) atoms. The van der Waals surface area contributed by atoms with Gasteiger partial charge in [0, 0.05) is 15.8 Å². The van der Waals surface area contributed by atoms with Crippen molar-refractivity contribution in [1.82, 2.24) is 15.5 Å². The topological polar surface area (TPSA) is 77.2 Å². The summed E-state index contributed by atoms with van der Waals surface area (Å²) < 4.78 is 10.8. The van der Waals surface area contributed by atoms with Crippen molar-refractivity contribution >= 4 is 41.1 Å². The first-order valence-corrected chi connectivity index (χ1v) is 9.28. The van der Waals surface area contributed by atoms with Gasteiger partial charge in [0.15, 0.2) is 0 Å². The summed E-state index contributed by atoms with van der Waals surface area (Å²) >= 11 is 13.6. The molecule has 0 bridgehead atoms. The van der Waals surface area contributed by atoms with E-state index in [1.54, 1.807) is 45.9 Å². The van der Waals surface area contributed by atoms with Gasteiger partial charge in [-0.25, -0.2) is 4.79 Å². The number of benzene rings is 1. The third-order valence-corrected chi connectivity index (χ3v) is 4.48. The number of amides is 1. The summed E-state index contributed by atoms with van der Waals surface area (Å²) in [5, 5.41) is 12.1. The maximum absolute atomic E-state index is 11.8. The van der Waals surface area contributed by atoms with E-state index >= 15 is 0 Å². The van der Waals surface area contributed by atoms with Gasteiger partial charge in [-0.15, -0.1) is 10.2 Å². The quantitative estimate of drug-likeness (QED) is 0.686. The molecular formula is C16H19Cl2N3O3S. The summed E-state index contributed by atoms with van der Waals surface area (Å²) in [7, 11) is 0. The van der Waals surface area contributed by atoms with Crippen LogP contribution < -0.4 is 5.32 Å². The van der Waals surface area contributed by atoms with Gasteiger partial charge in [0.2, 0.25) is 5.89 Å². The monoisotopic (exact) mass is 403 g/mol. The predicted molar refractivity (Wildman–Crippen MR) is 98.1 cm³/mol. The van der Waals surface area contributed by atoms with Crippen LogP contribution in [0.1, 0.15) is 45.2 Å². The Labute approximate surface area is 160 Å². The standard InChI is InChI=1S/C16H19Cl2N3O3S/c1-9(19-14(22)24-16(2,3)4)13-20-21-15(23-13)25-8-10-11(17)6-5-7-12(10)18/h5-7,9H,8H2,1-4H3,(H,19,22)/t9-/m1/s1. The molecule has 1 aromatic heterocycles. The molecule has 1 N–H and O–H groups in total. The Kier molecular flexibility index (Phi) is 6.59. The van der Waals surface area contributed by atoms with E-state index in [9.17, 15) is 4.79 Å². The summed E-state index contributed by atoms with van der Waals surface area (Å²) in [6, 6.07) is 4.86. The van der Waals surface area contributed by atoms with Crippen molar-refractivity contribution in [2.45, 2.75) is 50.3 Å². The van der Waals surface area contributed by atoms with E-state index in [2.05, 4.69) is 15.5 Å². The van der Waals surface area contributed by atoms with Gasteiger partial charge in [0.05, 0.1) is 0 Å². The Morgan fingerprint density at radius 1 is 1.32 bits per heavy atom. The molecule has 0 aliphatic rings. The summed E-state index contributed by atoms with van der Waals surface area (Å²) in [5.41, 5.74) is 0.226. The number of ether oxygens (including phenoxy) is 1. The van der Waals surface area contributed by atoms with Crippen LogP contribution in [0, 0.1) is 0 Å². The molecule has 0 saturated heterocycles. The highest BCUT2D eigenvalue weighted by atomic mass is 35.5. The SMILES string of the molecule is C[C@@H](NC(=O)OC(C)(C)C)c1nnc(SCc2c(Cl)cccc2Cl)o1. The normalized spacial score (nSPS) is 12.7. The van der Waals surface area contributed by atoms with Crippen LogP contribution in [0.5, 0.6) is 0 Å². The number of hydrogen-bond donors (Lipinski definition) is 1.